The van der Waals surface area contributed by atoms with E-state index in [-0.39, 0.29) is 11.8 Å². The molecule has 1 aromatic carbocycles. The first-order chi connectivity index (χ1) is 13.5. The predicted molar refractivity (Wildman–Crippen MR) is 94.6 cm³/mol. The van der Waals surface area contributed by atoms with Gasteiger partial charge in [-0.15, -0.1) is 18.3 Å². The molecule has 4 rings (SSSR count). The number of benzene rings is 1. The van der Waals surface area contributed by atoms with Gasteiger partial charge in [0.05, 0.1) is 36.8 Å². The van der Waals surface area contributed by atoms with Gasteiger partial charge < -0.3 is 14.5 Å². The number of aromatic nitrogens is 4. The summed E-state index contributed by atoms with van der Waals surface area (Å²) < 4.78 is 50.2. The van der Waals surface area contributed by atoms with Crippen molar-refractivity contribution in [3.8, 4) is 17.0 Å². The van der Waals surface area contributed by atoms with Gasteiger partial charge in [-0.1, -0.05) is 4.49 Å². The van der Waals surface area contributed by atoms with E-state index in [0.717, 1.165) is 18.1 Å². The Morgan fingerprint density at radius 3 is 2.82 bits per heavy atom. The molecule has 148 valence electrons. The first-order valence-corrected chi connectivity index (χ1v) is 9.30. The summed E-state index contributed by atoms with van der Waals surface area (Å²) >= 11 is 1.31. The van der Waals surface area contributed by atoms with Crippen LogP contribution in [0.4, 0.5) is 13.2 Å². The van der Waals surface area contributed by atoms with Crippen LogP contribution in [0.1, 0.15) is 17.6 Å². The molecule has 11 heteroatoms. The van der Waals surface area contributed by atoms with Crippen molar-refractivity contribution >= 4 is 11.5 Å². The molecule has 0 radical (unpaired) electrons. The molecule has 0 bridgehead atoms. The molecule has 0 amide bonds. The van der Waals surface area contributed by atoms with E-state index in [4.69, 9.17) is 4.74 Å². The van der Waals surface area contributed by atoms with Crippen LogP contribution in [0, 0.1) is 0 Å². The van der Waals surface area contributed by atoms with Gasteiger partial charge in [0.15, 0.2) is 0 Å². The van der Waals surface area contributed by atoms with Crippen molar-refractivity contribution < 1.29 is 22.6 Å². The second-order valence-corrected chi connectivity index (χ2v) is 6.82. The molecular weight excluding hydrogens is 395 g/mol. The highest BCUT2D eigenvalue weighted by molar-refractivity contribution is 7.03. The van der Waals surface area contributed by atoms with Crippen LogP contribution >= 0.6 is 11.5 Å². The third kappa shape index (κ3) is 4.49. The Kier molecular flexibility index (Phi) is 5.29. The topological polar surface area (TPSA) is 76.2 Å². The standard InChI is InChI=1S/C17H16F3N5O2S/c18-17(19,20)27-13-3-1-11(2-4-13)14-7-21-16(22-14)15-9-26-6-5-25(15)8-12-10-28-24-23-12/h1-4,7,10,15H,5-6,8-9H2,(H,21,22)/t15-/m0/s1. The first-order valence-electron chi connectivity index (χ1n) is 8.47. The lowest BCUT2D eigenvalue weighted by Crippen LogP contribution is -2.39. The van der Waals surface area contributed by atoms with Gasteiger partial charge in [0.25, 0.3) is 0 Å². The number of hydrogen-bond acceptors (Lipinski definition) is 7. The van der Waals surface area contributed by atoms with Gasteiger partial charge in [0.1, 0.15) is 11.6 Å². The van der Waals surface area contributed by atoms with Gasteiger partial charge in [-0.25, -0.2) is 4.98 Å². The van der Waals surface area contributed by atoms with Crippen LogP contribution in [-0.2, 0) is 11.3 Å². The lowest BCUT2D eigenvalue weighted by molar-refractivity contribution is -0.274. The van der Waals surface area contributed by atoms with Crippen molar-refractivity contribution in [1.29, 1.82) is 0 Å². The fourth-order valence-corrected chi connectivity index (χ4v) is 3.47. The summed E-state index contributed by atoms with van der Waals surface area (Å²) in [5.41, 5.74) is 2.30. The highest BCUT2D eigenvalue weighted by Crippen LogP contribution is 2.28. The molecule has 1 aliphatic heterocycles. The fraction of sp³-hybridized carbons (Fsp3) is 0.353. The van der Waals surface area contributed by atoms with E-state index >= 15 is 0 Å². The summed E-state index contributed by atoms with van der Waals surface area (Å²) in [6.45, 7) is 2.50. The molecule has 1 aliphatic rings. The normalized spacial score (nSPS) is 18.3. The Labute approximate surface area is 162 Å². The number of H-pyrrole nitrogens is 1. The summed E-state index contributed by atoms with van der Waals surface area (Å²) in [4.78, 5) is 9.91. The van der Waals surface area contributed by atoms with Crippen LogP contribution in [-0.4, -0.2) is 50.6 Å². The zero-order valence-electron chi connectivity index (χ0n) is 14.5. The Morgan fingerprint density at radius 2 is 2.11 bits per heavy atom. The number of hydrogen-bond donors (Lipinski definition) is 1. The number of morpholine rings is 1. The second-order valence-electron chi connectivity index (χ2n) is 6.21. The first kappa shape index (κ1) is 18.8. The van der Waals surface area contributed by atoms with Gasteiger partial charge in [-0.05, 0) is 41.4 Å². The number of imidazole rings is 1. The van der Waals surface area contributed by atoms with Gasteiger partial charge in [0, 0.05) is 18.5 Å². The van der Waals surface area contributed by atoms with Crippen LogP contribution in [0.25, 0.3) is 11.3 Å². The molecule has 3 heterocycles. The number of ether oxygens (including phenoxy) is 2. The maximum Gasteiger partial charge on any atom is 0.573 e. The quantitative estimate of drug-likeness (QED) is 0.694. The number of aromatic amines is 1. The van der Waals surface area contributed by atoms with Crippen LogP contribution in [0.5, 0.6) is 5.75 Å². The number of nitrogens with one attached hydrogen (secondary N) is 1. The van der Waals surface area contributed by atoms with Crippen molar-refractivity contribution in [2.75, 3.05) is 19.8 Å². The summed E-state index contributed by atoms with van der Waals surface area (Å²) in [5, 5.41) is 6.00. The van der Waals surface area contributed by atoms with E-state index in [2.05, 4.69) is 29.2 Å². The molecule has 1 fully saturated rings. The minimum Gasteiger partial charge on any atom is -0.406 e. The van der Waals surface area contributed by atoms with Crippen LogP contribution in [0.15, 0.2) is 35.8 Å². The number of rotatable bonds is 5. The molecule has 7 nitrogen and oxygen atoms in total. The molecule has 1 saturated heterocycles. The number of alkyl halides is 3. The molecule has 2 aromatic heterocycles. The summed E-state index contributed by atoms with van der Waals surface area (Å²) in [6, 6.07) is 5.57. The minimum absolute atomic E-state index is 0.0722. The average molecular weight is 411 g/mol. The zero-order chi connectivity index (χ0) is 19.6. The highest BCUT2D eigenvalue weighted by atomic mass is 32.1. The van der Waals surface area contributed by atoms with Gasteiger partial charge >= 0.3 is 6.36 Å². The SMILES string of the molecule is FC(F)(F)Oc1ccc(-c2cnc([C@@H]3COCCN3Cc3csnn3)[nH]2)cc1. The maximum atomic E-state index is 12.3. The van der Waals surface area contributed by atoms with Crippen LogP contribution in [0.2, 0.25) is 0 Å². The van der Waals surface area contributed by atoms with Crippen LogP contribution < -0.4 is 4.74 Å². The van der Waals surface area contributed by atoms with Crippen molar-refractivity contribution in [2.45, 2.75) is 18.9 Å². The smallest absolute Gasteiger partial charge is 0.406 e. The van der Waals surface area contributed by atoms with E-state index in [0.29, 0.717) is 31.0 Å². The summed E-state index contributed by atoms with van der Waals surface area (Å²) in [7, 11) is 0. The zero-order valence-corrected chi connectivity index (χ0v) is 15.3. The second kappa shape index (κ2) is 7.86. The van der Waals surface area contributed by atoms with Crippen molar-refractivity contribution in [3.05, 3.63) is 47.4 Å². The summed E-state index contributed by atoms with van der Waals surface area (Å²) in [6.07, 6.45) is -3.05. The molecule has 28 heavy (non-hydrogen) atoms. The third-order valence-corrected chi connectivity index (χ3v) is 4.87. The highest BCUT2D eigenvalue weighted by Gasteiger charge is 2.31. The molecule has 0 unspecified atom stereocenters. The van der Waals surface area contributed by atoms with E-state index in [1.54, 1.807) is 18.3 Å². The molecule has 0 aliphatic carbocycles. The van der Waals surface area contributed by atoms with Crippen molar-refractivity contribution in [2.24, 2.45) is 0 Å². The van der Waals surface area contributed by atoms with E-state index in [1.807, 2.05) is 5.38 Å². The molecule has 1 atom stereocenters. The van der Waals surface area contributed by atoms with Gasteiger partial charge in [-0.3, -0.25) is 4.90 Å². The molecule has 0 saturated carbocycles. The van der Waals surface area contributed by atoms with Crippen molar-refractivity contribution in [1.82, 2.24) is 24.5 Å². The molecule has 3 aromatic rings. The van der Waals surface area contributed by atoms with Gasteiger partial charge in [-0.2, -0.15) is 0 Å². The maximum absolute atomic E-state index is 12.3. The van der Waals surface area contributed by atoms with Gasteiger partial charge in [0.2, 0.25) is 0 Å². The predicted octanol–water partition coefficient (Wildman–Crippen LogP) is 3.40. The third-order valence-electron chi connectivity index (χ3n) is 4.32. The van der Waals surface area contributed by atoms with E-state index in [9.17, 15) is 13.2 Å². The fourth-order valence-electron chi connectivity index (χ4n) is 3.03. The molecule has 1 N–H and O–H groups in total. The number of halogens is 3. The van der Waals surface area contributed by atoms with Crippen LogP contribution in [0.3, 0.4) is 0 Å². The lowest BCUT2D eigenvalue weighted by Gasteiger charge is -2.33. The largest absolute Gasteiger partial charge is 0.573 e. The molecule has 0 spiro atoms. The van der Waals surface area contributed by atoms with E-state index in [1.165, 1.54) is 23.7 Å². The average Bonchev–Trinajstić information content (AvgIpc) is 3.34. The minimum atomic E-state index is -4.71. The Morgan fingerprint density at radius 1 is 1.29 bits per heavy atom. The van der Waals surface area contributed by atoms with E-state index < -0.39 is 6.36 Å². The Hall–Kier alpha value is -2.50. The van der Waals surface area contributed by atoms with Crippen molar-refractivity contribution in [3.63, 3.8) is 0 Å². The summed E-state index contributed by atoms with van der Waals surface area (Å²) in [5.74, 6) is 0.466. The molecular formula is C17H16F3N5O2S. The number of nitrogens with zero attached hydrogens (tertiary/aromatic N) is 4. The Bertz CT molecular complexity index is 898. The lowest BCUT2D eigenvalue weighted by atomic mass is 10.1. The monoisotopic (exact) mass is 411 g/mol. The Balaban J connectivity index is 1.49.